The van der Waals surface area contributed by atoms with Crippen LogP contribution < -0.4 is 5.56 Å². The van der Waals surface area contributed by atoms with E-state index in [0.29, 0.717) is 11.1 Å². The predicted molar refractivity (Wildman–Crippen MR) is 108 cm³/mol. The Balaban J connectivity index is 1.34. The van der Waals surface area contributed by atoms with Gasteiger partial charge in [0.25, 0.3) is 17.4 Å². The summed E-state index contributed by atoms with van der Waals surface area (Å²) < 4.78 is 43.7. The molecule has 0 radical (unpaired) electrons. The highest BCUT2D eigenvalue weighted by atomic mass is 19.4. The zero-order valence-corrected chi connectivity index (χ0v) is 16.9. The number of imide groups is 1. The lowest BCUT2D eigenvalue weighted by Gasteiger charge is -2.13. The van der Waals surface area contributed by atoms with E-state index < -0.39 is 41.7 Å². The van der Waals surface area contributed by atoms with E-state index in [1.165, 1.54) is 0 Å². The average Bonchev–Trinajstić information content (AvgIpc) is 3.02. The number of esters is 1. The summed E-state index contributed by atoms with van der Waals surface area (Å²) in [5.74, 6) is -1.65. The Morgan fingerprint density at radius 1 is 1.03 bits per heavy atom. The van der Waals surface area contributed by atoms with Crippen LogP contribution in [0.4, 0.5) is 13.2 Å². The number of aromatic nitrogens is 2. The van der Waals surface area contributed by atoms with E-state index in [4.69, 9.17) is 4.74 Å². The second kappa shape index (κ2) is 8.49. The number of nitrogens with one attached hydrogen (secondary N) is 1. The number of carbonyl (C=O) groups is 3. The molecule has 170 valence electrons. The summed E-state index contributed by atoms with van der Waals surface area (Å²) in [6.07, 6.45) is -4.56. The van der Waals surface area contributed by atoms with Crippen molar-refractivity contribution < 1.29 is 32.3 Å². The van der Waals surface area contributed by atoms with E-state index in [9.17, 15) is 32.3 Å². The van der Waals surface area contributed by atoms with Crippen molar-refractivity contribution in [2.24, 2.45) is 0 Å². The molecular formula is C22H16F3N3O5. The number of nitrogens with zero attached hydrogens (tertiary/aromatic N) is 2. The highest BCUT2D eigenvalue weighted by Gasteiger charge is 2.34. The molecule has 0 bridgehead atoms. The van der Waals surface area contributed by atoms with Gasteiger partial charge in [-0.25, -0.2) is 4.98 Å². The fraction of sp³-hybridized carbons (Fsp3) is 0.227. The van der Waals surface area contributed by atoms with E-state index in [1.807, 2.05) is 0 Å². The fourth-order valence-electron chi connectivity index (χ4n) is 3.48. The van der Waals surface area contributed by atoms with Gasteiger partial charge >= 0.3 is 12.1 Å². The molecule has 2 aromatic carbocycles. The smallest absolute Gasteiger partial charge is 0.416 e. The first kappa shape index (κ1) is 22.2. The summed E-state index contributed by atoms with van der Waals surface area (Å²) in [5.41, 5.74) is -1.17. The molecule has 11 heteroatoms. The third-order valence-electron chi connectivity index (χ3n) is 5.09. The molecule has 0 unspecified atom stereocenters. The maximum absolute atomic E-state index is 12.9. The van der Waals surface area contributed by atoms with Crippen molar-refractivity contribution in [1.82, 2.24) is 14.9 Å². The quantitative estimate of drug-likeness (QED) is 0.448. The molecule has 1 aliphatic heterocycles. The normalized spacial score (nSPS) is 13.5. The van der Waals surface area contributed by atoms with E-state index in [0.717, 1.165) is 23.1 Å². The van der Waals surface area contributed by atoms with Crippen LogP contribution in [-0.4, -0.2) is 39.2 Å². The minimum Gasteiger partial charge on any atom is -0.458 e. The number of hydrogen-bond donors (Lipinski definition) is 1. The average molecular weight is 459 g/mol. The first-order chi connectivity index (χ1) is 15.6. The van der Waals surface area contributed by atoms with Crippen LogP contribution in [0.1, 0.15) is 44.9 Å². The number of rotatable bonds is 6. The van der Waals surface area contributed by atoms with Crippen LogP contribution in [-0.2, 0) is 22.3 Å². The standard InChI is InChI=1S/C22H16F3N3O5/c23-22(24,25)12-7-8-15-16(10-12)26-17(27-19(15)30)11-33-18(29)6-3-9-28-20(31)13-4-1-2-5-14(13)21(28)32/h1-2,4-5,7-8,10H,3,6,9,11H2,(H,26,27,30). The topological polar surface area (TPSA) is 109 Å². The summed E-state index contributed by atoms with van der Waals surface area (Å²) in [5, 5.41) is -0.0287. The maximum atomic E-state index is 12.9. The number of H-pyrrole nitrogens is 1. The molecule has 8 nitrogen and oxygen atoms in total. The minimum atomic E-state index is -4.59. The van der Waals surface area contributed by atoms with Crippen LogP contribution in [0, 0.1) is 0 Å². The summed E-state index contributed by atoms with van der Waals surface area (Å²) in [6, 6.07) is 8.97. The van der Waals surface area contributed by atoms with Gasteiger partial charge in [-0.2, -0.15) is 13.2 Å². The predicted octanol–water partition coefficient (Wildman–Crippen LogP) is 3.06. The van der Waals surface area contributed by atoms with E-state index in [2.05, 4.69) is 9.97 Å². The zero-order chi connectivity index (χ0) is 23.8. The van der Waals surface area contributed by atoms with Crippen molar-refractivity contribution in [3.8, 4) is 0 Å². The van der Waals surface area contributed by atoms with Crippen LogP contribution >= 0.6 is 0 Å². The van der Waals surface area contributed by atoms with Crippen molar-refractivity contribution in [3.63, 3.8) is 0 Å². The number of aromatic amines is 1. The van der Waals surface area contributed by atoms with Crippen molar-refractivity contribution >= 4 is 28.7 Å². The van der Waals surface area contributed by atoms with Gasteiger partial charge in [-0.15, -0.1) is 0 Å². The highest BCUT2D eigenvalue weighted by molar-refractivity contribution is 6.21. The first-order valence-electron chi connectivity index (χ1n) is 9.86. The summed E-state index contributed by atoms with van der Waals surface area (Å²) >= 11 is 0. The molecule has 0 saturated heterocycles. The molecule has 2 amide bonds. The Morgan fingerprint density at radius 2 is 1.70 bits per heavy atom. The lowest BCUT2D eigenvalue weighted by molar-refractivity contribution is -0.145. The van der Waals surface area contributed by atoms with Gasteiger partial charge < -0.3 is 9.72 Å². The van der Waals surface area contributed by atoms with E-state index in [1.54, 1.807) is 24.3 Å². The lowest BCUT2D eigenvalue weighted by atomic mass is 10.1. The molecule has 2 heterocycles. The lowest BCUT2D eigenvalue weighted by Crippen LogP contribution is -2.31. The molecule has 0 saturated carbocycles. The monoisotopic (exact) mass is 459 g/mol. The van der Waals surface area contributed by atoms with Crippen LogP contribution in [0.3, 0.4) is 0 Å². The number of alkyl halides is 3. The van der Waals surface area contributed by atoms with E-state index in [-0.39, 0.29) is 36.1 Å². The van der Waals surface area contributed by atoms with Crippen LogP contribution in [0.5, 0.6) is 0 Å². The zero-order valence-electron chi connectivity index (χ0n) is 16.9. The van der Waals surface area contributed by atoms with Gasteiger partial charge in [0, 0.05) is 13.0 Å². The fourth-order valence-corrected chi connectivity index (χ4v) is 3.48. The summed E-state index contributed by atoms with van der Waals surface area (Å²) in [6.45, 7) is -0.431. The van der Waals surface area contributed by atoms with E-state index >= 15 is 0 Å². The second-order valence-corrected chi connectivity index (χ2v) is 7.31. The number of halogens is 3. The Hall–Kier alpha value is -4.02. The molecule has 3 aromatic rings. The number of carbonyl (C=O) groups excluding carboxylic acids is 3. The Labute approximate surface area is 184 Å². The molecular weight excluding hydrogens is 443 g/mol. The number of benzene rings is 2. The highest BCUT2D eigenvalue weighted by Crippen LogP contribution is 2.30. The third-order valence-corrected chi connectivity index (χ3v) is 5.09. The number of amides is 2. The molecule has 1 aliphatic rings. The van der Waals surface area contributed by atoms with Gasteiger partial charge in [0.15, 0.2) is 0 Å². The van der Waals surface area contributed by atoms with Gasteiger partial charge in [0.1, 0.15) is 12.4 Å². The molecule has 0 fully saturated rings. The van der Waals surface area contributed by atoms with Gasteiger partial charge in [-0.05, 0) is 36.8 Å². The second-order valence-electron chi connectivity index (χ2n) is 7.31. The van der Waals surface area contributed by atoms with Crippen molar-refractivity contribution in [2.75, 3.05) is 6.54 Å². The van der Waals surface area contributed by atoms with Gasteiger partial charge in [0.2, 0.25) is 0 Å². The largest absolute Gasteiger partial charge is 0.458 e. The Bertz CT molecular complexity index is 1300. The SMILES string of the molecule is O=C(CCCN1C(=O)c2ccccc2C1=O)OCc1nc2cc(C(F)(F)F)ccc2c(=O)[nH]1. The maximum Gasteiger partial charge on any atom is 0.416 e. The Morgan fingerprint density at radius 3 is 2.33 bits per heavy atom. The molecule has 4 rings (SSSR count). The van der Waals surface area contributed by atoms with Crippen molar-refractivity contribution in [3.05, 3.63) is 75.3 Å². The van der Waals surface area contributed by atoms with Gasteiger partial charge in [-0.1, -0.05) is 12.1 Å². The minimum absolute atomic E-state index is 0.0206. The first-order valence-corrected chi connectivity index (χ1v) is 9.86. The molecule has 0 atom stereocenters. The summed E-state index contributed by atoms with van der Waals surface area (Å²) in [7, 11) is 0. The Kier molecular flexibility index (Phi) is 5.71. The third kappa shape index (κ3) is 4.47. The number of ether oxygens (including phenoxy) is 1. The molecule has 0 spiro atoms. The summed E-state index contributed by atoms with van der Waals surface area (Å²) in [4.78, 5) is 56.1. The molecule has 1 N–H and O–H groups in total. The van der Waals surface area contributed by atoms with Crippen LogP contribution in [0.2, 0.25) is 0 Å². The van der Waals surface area contributed by atoms with Crippen LogP contribution in [0.25, 0.3) is 10.9 Å². The molecule has 1 aromatic heterocycles. The molecule has 33 heavy (non-hydrogen) atoms. The molecule has 0 aliphatic carbocycles. The number of fused-ring (bicyclic) bond motifs is 2. The van der Waals surface area contributed by atoms with Gasteiger partial charge in [-0.3, -0.25) is 24.1 Å². The van der Waals surface area contributed by atoms with Crippen LogP contribution in [0.15, 0.2) is 47.3 Å². The van der Waals surface area contributed by atoms with Crippen molar-refractivity contribution in [1.29, 1.82) is 0 Å². The van der Waals surface area contributed by atoms with Crippen molar-refractivity contribution in [2.45, 2.75) is 25.6 Å². The number of hydrogen-bond acceptors (Lipinski definition) is 6. The van der Waals surface area contributed by atoms with Gasteiger partial charge in [0.05, 0.1) is 27.6 Å².